The lowest BCUT2D eigenvalue weighted by Gasteiger charge is -2.26. The van der Waals surface area contributed by atoms with E-state index >= 15 is 0 Å². The largest absolute Gasteiger partial charge is 0.372 e. The molecule has 0 amide bonds. The van der Waals surface area contributed by atoms with Crippen molar-refractivity contribution < 1.29 is 4.74 Å². The summed E-state index contributed by atoms with van der Waals surface area (Å²) in [4.78, 5) is 7.36. The fourth-order valence-corrected chi connectivity index (χ4v) is 5.29. The van der Waals surface area contributed by atoms with Gasteiger partial charge in [-0.15, -0.1) is 21.5 Å². The fourth-order valence-electron chi connectivity index (χ4n) is 3.69. The summed E-state index contributed by atoms with van der Waals surface area (Å²) in [5.41, 5.74) is 3.32. The minimum atomic E-state index is 0.243. The number of thiophene rings is 1. The van der Waals surface area contributed by atoms with E-state index in [0.717, 1.165) is 38.8 Å². The molecule has 0 bridgehead atoms. The van der Waals surface area contributed by atoms with Crippen molar-refractivity contribution >= 4 is 39.0 Å². The predicted octanol–water partition coefficient (Wildman–Crippen LogP) is 4.83. The summed E-state index contributed by atoms with van der Waals surface area (Å²) in [6.07, 6.45) is 3.18. The van der Waals surface area contributed by atoms with Crippen LogP contribution in [0.3, 0.4) is 0 Å². The summed E-state index contributed by atoms with van der Waals surface area (Å²) >= 11 is 3.33. The van der Waals surface area contributed by atoms with Gasteiger partial charge in [-0.25, -0.2) is 4.98 Å². The summed E-state index contributed by atoms with van der Waals surface area (Å²) < 4.78 is 8.19. The molecule has 0 fully saturated rings. The average Bonchev–Trinajstić information content (AvgIpc) is 3.28. The van der Waals surface area contributed by atoms with Crippen LogP contribution in [0.25, 0.3) is 27.3 Å². The molecule has 3 aromatic heterocycles. The Balaban J connectivity index is 1.82. The first-order valence-corrected chi connectivity index (χ1v) is 11.1. The fraction of sp³-hybridized carbons (Fsp3) is 0.350. The van der Waals surface area contributed by atoms with E-state index < -0.39 is 0 Å². The van der Waals surface area contributed by atoms with Gasteiger partial charge in [0.15, 0.2) is 10.8 Å². The summed E-state index contributed by atoms with van der Waals surface area (Å²) in [5, 5.41) is 11.0. The van der Waals surface area contributed by atoms with Crippen molar-refractivity contribution in [1.29, 1.82) is 0 Å². The topological polar surface area (TPSA) is 52.3 Å². The van der Waals surface area contributed by atoms with Crippen LogP contribution in [-0.2, 0) is 17.8 Å². The Labute approximate surface area is 165 Å². The van der Waals surface area contributed by atoms with Crippen molar-refractivity contribution in [3.63, 3.8) is 0 Å². The zero-order valence-corrected chi connectivity index (χ0v) is 17.1. The summed E-state index contributed by atoms with van der Waals surface area (Å²) in [6, 6.07) is 10.3. The number of benzene rings is 1. The van der Waals surface area contributed by atoms with Crippen molar-refractivity contribution in [2.24, 2.45) is 5.92 Å². The van der Waals surface area contributed by atoms with Crippen LogP contribution in [0, 0.1) is 5.92 Å². The molecule has 0 N–H and O–H groups in total. The Morgan fingerprint density at radius 3 is 2.78 bits per heavy atom. The van der Waals surface area contributed by atoms with E-state index in [-0.39, 0.29) is 6.10 Å². The van der Waals surface area contributed by atoms with E-state index in [1.807, 2.05) is 24.5 Å². The van der Waals surface area contributed by atoms with Gasteiger partial charge in [0.25, 0.3) is 0 Å². The highest BCUT2D eigenvalue weighted by atomic mass is 32.2. The summed E-state index contributed by atoms with van der Waals surface area (Å²) in [6.45, 7) is 5.10. The zero-order valence-electron chi connectivity index (χ0n) is 15.5. The molecule has 1 aliphatic rings. The highest BCUT2D eigenvalue weighted by Gasteiger charge is 2.29. The average molecular weight is 397 g/mol. The van der Waals surface area contributed by atoms with Gasteiger partial charge in [0.2, 0.25) is 0 Å². The smallest absolute Gasteiger partial charge is 0.197 e. The van der Waals surface area contributed by atoms with Crippen LogP contribution in [0.5, 0.6) is 0 Å². The Kier molecular flexibility index (Phi) is 4.18. The lowest BCUT2D eigenvalue weighted by Crippen LogP contribution is -2.26. The molecule has 1 atom stereocenters. The van der Waals surface area contributed by atoms with Crippen molar-refractivity contribution in [3.8, 4) is 11.4 Å². The third-order valence-corrected chi connectivity index (χ3v) is 6.87. The molecule has 27 heavy (non-hydrogen) atoms. The van der Waals surface area contributed by atoms with Gasteiger partial charge in [0.1, 0.15) is 10.7 Å². The van der Waals surface area contributed by atoms with Crippen LogP contribution in [-0.4, -0.2) is 31.9 Å². The molecule has 138 valence electrons. The van der Waals surface area contributed by atoms with Gasteiger partial charge >= 0.3 is 0 Å². The summed E-state index contributed by atoms with van der Waals surface area (Å²) in [7, 11) is 0. The molecule has 4 heterocycles. The van der Waals surface area contributed by atoms with E-state index in [1.165, 1.54) is 10.4 Å². The molecule has 0 unspecified atom stereocenters. The lowest BCUT2D eigenvalue weighted by molar-refractivity contribution is 0.00203. The second-order valence-corrected chi connectivity index (χ2v) is 8.99. The zero-order chi connectivity index (χ0) is 18.5. The molecule has 4 aromatic rings. The first kappa shape index (κ1) is 17.2. The third-order valence-electron chi connectivity index (χ3n) is 5.14. The van der Waals surface area contributed by atoms with E-state index in [2.05, 4.69) is 40.6 Å². The Hall–Kier alpha value is -1.96. The maximum absolute atomic E-state index is 6.08. The van der Waals surface area contributed by atoms with Crippen LogP contribution < -0.4 is 0 Å². The maximum Gasteiger partial charge on any atom is 0.197 e. The van der Waals surface area contributed by atoms with Crippen LogP contribution in [0.2, 0.25) is 0 Å². The molecule has 5 nitrogen and oxygen atoms in total. The van der Waals surface area contributed by atoms with E-state index in [1.54, 1.807) is 23.1 Å². The Morgan fingerprint density at radius 1 is 1.22 bits per heavy atom. The van der Waals surface area contributed by atoms with Gasteiger partial charge in [-0.2, -0.15) is 0 Å². The summed E-state index contributed by atoms with van der Waals surface area (Å²) in [5.74, 6) is 1.38. The number of aromatic nitrogens is 4. The van der Waals surface area contributed by atoms with Gasteiger partial charge in [-0.05, 0) is 17.7 Å². The molecule has 0 radical (unpaired) electrons. The number of nitrogens with zero attached hydrogens (tertiary/aromatic N) is 4. The van der Waals surface area contributed by atoms with Gasteiger partial charge < -0.3 is 4.74 Å². The predicted molar refractivity (Wildman–Crippen MR) is 111 cm³/mol. The van der Waals surface area contributed by atoms with Crippen molar-refractivity contribution in [1.82, 2.24) is 19.6 Å². The van der Waals surface area contributed by atoms with Crippen LogP contribution in [0.1, 0.15) is 24.3 Å². The second-order valence-electron chi connectivity index (χ2n) is 7.13. The highest BCUT2D eigenvalue weighted by Crippen LogP contribution is 2.40. The molecule has 7 heteroatoms. The Morgan fingerprint density at radius 2 is 2.04 bits per heavy atom. The van der Waals surface area contributed by atoms with E-state index in [4.69, 9.17) is 9.72 Å². The molecule has 0 spiro atoms. The number of ether oxygens (including phenoxy) is 1. The van der Waals surface area contributed by atoms with Crippen molar-refractivity contribution in [2.75, 3.05) is 6.26 Å². The number of hydrogen-bond donors (Lipinski definition) is 0. The van der Waals surface area contributed by atoms with E-state index in [0.29, 0.717) is 12.5 Å². The third kappa shape index (κ3) is 2.68. The quantitative estimate of drug-likeness (QED) is 0.465. The number of thioether (sulfide) groups is 1. The SMILES string of the molecule is CSc1nnc2c3c4c(sc3nc(-c3ccccc3)n12)CO[C@H](C(C)C)C4. The van der Waals surface area contributed by atoms with Crippen molar-refractivity contribution in [2.45, 2.75) is 38.1 Å². The molecular formula is C20H20N4OS2. The molecule has 1 aromatic carbocycles. The second kappa shape index (κ2) is 6.58. The lowest BCUT2D eigenvalue weighted by atomic mass is 9.96. The van der Waals surface area contributed by atoms with Gasteiger partial charge in [0.05, 0.1) is 18.1 Å². The molecule has 0 saturated heterocycles. The van der Waals surface area contributed by atoms with Crippen LogP contribution >= 0.6 is 23.1 Å². The Bertz CT molecular complexity index is 1130. The van der Waals surface area contributed by atoms with Gasteiger partial charge in [-0.3, -0.25) is 4.40 Å². The monoisotopic (exact) mass is 396 g/mol. The van der Waals surface area contributed by atoms with Gasteiger partial charge in [0, 0.05) is 16.9 Å². The maximum atomic E-state index is 6.08. The molecule has 0 saturated carbocycles. The minimum Gasteiger partial charge on any atom is -0.372 e. The highest BCUT2D eigenvalue weighted by molar-refractivity contribution is 7.98. The van der Waals surface area contributed by atoms with Gasteiger partial charge in [-0.1, -0.05) is 55.9 Å². The molecular weight excluding hydrogens is 376 g/mol. The van der Waals surface area contributed by atoms with Crippen LogP contribution in [0.4, 0.5) is 0 Å². The van der Waals surface area contributed by atoms with E-state index in [9.17, 15) is 0 Å². The first-order chi connectivity index (χ1) is 13.2. The molecule has 0 aliphatic carbocycles. The number of hydrogen-bond acceptors (Lipinski definition) is 6. The normalized spacial score (nSPS) is 17.1. The van der Waals surface area contributed by atoms with Crippen LogP contribution in [0.15, 0.2) is 35.5 Å². The minimum absolute atomic E-state index is 0.243. The molecule has 5 rings (SSSR count). The standard InChI is InChI=1S/C20H20N4OS2/c1-11(2)14-9-13-15(10-25-14)27-19-16(13)18-22-23-20(26-3)24(18)17(21-19)12-7-5-4-6-8-12/h4-8,11,14H,9-10H2,1-3H3/t14-/m0/s1. The van der Waals surface area contributed by atoms with Crippen molar-refractivity contribution in [3.05, 3.63) is 40.8 Å². The number of rotatable bonds is 3. The number of fused-ring (bicyclic) bond motifs is 5. The first-order valence-electron chi connectivity index (χ1n) is 9.07. The molecule has 1 aliphatic heterocycles.